The van der Waals surface area contributed by atoms with E-state index in [1.165, 1.54) is 0 Å². The fourth-order valence-electron chi connectivity index (χ4n) is 3.34. The van der Waals surface area contributed by atoms with Crippen molar-refractivity contribution >= 4 is 5.91 Å². The van der Waals surface area contributed by atoms with Gasteiger partial charge in [0.15, 0.2) is 0 Å². The van der Waals surface area contributed by atoms with Gasteiger partial charge in [-0.25, -0.2) is 0 Å². The standard InChI is InChI=1S/C25H30N2O3/c1-16(2)17(3)26-25(28)23-15-24(19-10-12-21(29-5)13-11-19)27(18(23)4)20-8-7-9-22(14-20)30-6/h7-17H,1-6H3,(H,26,28). The summed E-state index contributed by atoms with van der Waals surface area (Å²) in [5.74, 6) is 1.85. The lowest BCUT2D eigenvalue weighted by Gasteiger charge is -2.17. The molecule has 5 nitrogen and oxygen atoms in total. The molecular weight excluding hydrogens is 376 g/mol. The van der Waals surface area contributed by atoms with Crippen molar-refractivity contribution in [1.29, 1.82) is 0 Å². The van der Waals surface area contributed by atoms with Gasteiger partial charge in [-0.3, -0.25) is 4.79 Å². The summed E-state index contributed by atoms with van der Waals surface area (Å²) in [6, 6.07) is 17.7. The van der Waals surface area contributed by atoms with E-state index in [1.807, 2.05) is 68.4 Å². The van der Waals surface area contributed by atoms with Crippen LogP contribution in [0.25, 0.3) is 16.9 Å². The largest absolute Gasteiger partial charge is 0.497 e. The average molecular weight is 407 g/mol. The van der Waals surface area contributed by atoms with Gasteiger partial charge in [0.2, 0.25) is 0 Å². The molecule has 30 heavy (non-hydrogen) atoms. The highest BCUT2D eigenvalue weighted by Gasteiger charge is 2.21. The maximum atomic E-state index is 13.1. The second-order valence-corrected chi connectivity index (χ2v) is 7.80. The smallest absolute Gasteiger partial charge is 0.253 e. The highest BCUT2D eigenvalue weighted by atomic mass is 16.5. The maximum Gasteiger partial charge on any atom is 0.253 e. The van der Waals surface area contributed by atoms with Crippen molar-refractivity contribution in [3.8, 4) is 28.4 Å². The van der Waals surface area contributed by atoms with E-state index < -0.39 is 0 Å². The van der Waals surface area contributed by atoms with Gasteiger partial charge >= 0.3 is 0 Å². The van der Waals surface area contributed by atoms with Crippen molar-refractivity contribution < 1.29 is 14.3 Å². The van der Waals surface area contributed by atoms with E-state index in [0.29, 0.717) is 11.5 Å². The molecule has 5 heteroatoms. The van der Waals surface area contributed by atoms with Crippen molar-refractivity contribution in [2.24, 2.45) is 5.92 Å². The summed E-state index contributed by atoms with van der Waals surface area (Å²) in [5.41, 5.74) is 4.41. The van der Waals surface area contributed by atoms with Crippen molar-refractivity contribution in [3.63, 3.8) is 0 Å². The molecule has 1 aromatic heterocycles. The molecule has 1 heterocycles. The van der Waals surface area contributed by atoms with E-state index in [4.69, 9.17) is 9.47 Å². The Bertz CT molecular complexity index is 1020. The maximum absolute atomic E-state index is 13.1. The number of benzene rings is 2. The first-order valence-corrected chi connectivity index (χ1v) is 10.2. The van der Waals surface area contributed by atoms with Gasteiger partial charge in [0.25, 0.3) is 5.91 Å². The molecule has 3 aromatic rings. The number of ether oxygens (including phenoxy) is 2. The SMILES string of the molecule is COc1ccc(-c2cc(C(=O)NC(C)C(C)C)c(C)n2-c2cccc(OC)c2)cc1. The van der Waals surface area contributed by atoms with Crippen molar-refractivity contribution in [2.75, 3.05) is 14.2 Å². The number of rotatable bonds is 7. The lowest BCUT2D eigenvalue weighted by atomic mass is 10.1. The fraction of sp³-hybridized carbons (Fsp3) is 0.320. The van der Waals surface area contributed by atoms with E-state index in [-0.39, 0.29) is 11.9 Å². The Labute approximate surface area is 178 Å². The van der Waals surface area contributed by atoms with Crippen LogP contribution >= 0.6 is 0 Å². The number of carbonyl (C=O) groups is 1. The molecule has 0 saturated heterocycles. The van der Waals surface area contributed by atoms with Gasteiger partial charge in [0.1, 0.15) is 11.5 Å². The van der Waals surface area contributed by atoms with Crippen molar-refractivity contribution in [1.82, 2.24) is 9.88 Å². The molecule has 0 saturated carbocycles. The summed E-state index contributed by atoms with van der Waals surface area (Å²) in [7, 11) is 3.30. The van der Waals surface area contributed by atoms with E-state index in [2.05, 4.69) is 23.7 Å². The molecule has 2 aromatic carbocycles. The molecule has 0 fully saturated rings. The zero-order valence-corrected chi connectivity index (χ0v) is 18.5. The Morgan fingerprint density at radius 1 is 0.933 bits per heavy atom. The normalized spacial score (nSPS) is 12.0. The third-order valence-electron chi connectivity index (χ3n) is 5.55. The predicted octanol–water partition coefficient (Wildman–Crippen LogP) is 5.24. The van der Waals surface area contributed by atoms with Crippen LogP contribution in [-0.2, 0) is 0 Å². The molecule has 3 rings (SSSR count). The van der Waals surface area contributed by atoms with Gasteiger partial charge in [-0.2, -0.15) is 0 Å². The number of amides is 1. The van der Waals surface area contributed by atoms with Gasteiger partial charge in [-0.15, -0.1) is 0 Å². The van der Waals surface area contributed by atoms with Crippen LogP contribution in [0.5, 0.6) is 11.5 Å². The first-order chi connectivity index (χ1) is 14.3. The third kappa shape index (κ3) is 4.35. The minimum atomic E-state index is -0.0647. The Morgan fingerprint density at radius 3 is 2.20 bits per heavy atom. The highest BCUT2D eigenvalue weighted by Crippen LogP contribution is 2.32. The number of aromatic nitrogens is 1. The molecule has 1 atom stereocenters. The molecule has 0 spiro atoms. The van der Waals surface area contributed by atoms with Crippen LogP contribution in [0.1, 0.15) is 36.8 Å². The van der Waals surface area contributed by atoms with E-state index in [1.54, 1.807) is 14.2 Å². The Morgan fingerprint density at radius 2 is 1.60 bits per heavy atom. The zero-order valence-electron chi connectivity index (χ0n) is 18.5. The summed E-state index contributed by atoms with van der Waals surface area (Å²) < 4.78 is 12.8. The molecule has 1 amide bonds. The first-order valence-electron chi connectivity index (χ1n) is 10.2. The summed E-state index contributed by atoms with van der Waals surface area (Å²) in [4.78, 5) is 13.1. The van der Waals surface area contributed by atoms with E-state index >= 15 is 0 Å². The topological polar surface area (TPSA) is 52.5 Å². The van der Waals surface area contributed by atoms with Crippen LogP contribution < -0.4 is 14.8 Å². The van der Waals surface area contributed by atoms with Crippen LogP contribution in [-0.4, -0.2) is 30.7 Å². The van der Waals surface area contributed by atoms with E-state index in [0.717, 1.165) is 34.1 Å². The molecule has 0 aliphatic carbocycles. The Balaban J connectivity index is 2.14. The number of nitrogens with zero attached hydrogens (tertiary/aromatic N) is 1. The average Bonchev–Trinajstić information content (AvgIpc) is 3.10. The molecular formula is C25H30N2O3. The Kier molecular flexibility index (Phi) is 6.50. The van der Waals surface area contributed by atoms with Crippen LogP contribution in [0.15, 0.2) is 54.6 Å². The van der Waals surface area contributed by atoms with Crippen LogP contribution in [0.3, 0.4) is 0 Å². The third-order valence-corrected chi connectivity index (χ3v) is 5.55. The van der Waals surface area contributed by atoms with Gasteiger partial charge in [-0.05, 0) is 67.8 Å². The Hall–Kier alpha value is -3.21. The minimum Gasteiger partial charge on any atom is -0.497 e. The van der Waals surface area contributed by atoms with Gasteiger partial charge < -0.3 is 19.4 Å². The second kappa shape index (κ2) is 9.08. The highest BCUT2D eigenvalue weighted by molar-refractivity contribution is 5.97. The molecule has 0 aliphatic heterocycles. The van der Waals surface area contributed by atoms with Crippen LogP contribution in [0, 0.1) is 12.8 Å². The molecule has 0 bridgehead atoms. The summed E-state index contributed by atoms with van der Waals surface area (Å²) in [6.45, 7) is 8.20. The second-order valence-electron chi connectivity index (χ2n) is 7.80. The van der Waals surface area contributed by atoms with Crippen molar-refractivity contribution in [2.45, 2.75) is 33.7 Å². The fourth-order valence-corrected chi connectivity index (χ4v) is 3.34. The number of hydrogen-bond acceptors (Lipinski definition) is 3. The van der Waals surface area contributed by atoms with Crippen LogP contribution in [0.2, 0.25) is 0 Å². The quantitative estimate of drug-likeness (QED) is 0.583. The predicted molar refractivity (Wildman–Crippen MR) is 121 cm³/mol. The number of nitrogens with one attached hydrogen (secondary N) is 1. The summed E-state index contributed by atoms with van der Waals surface area (Å²) in [5, 5.41) is 3.12. The van der Waals surface area contributed by atoms with Gasteiger partial charge in [-0.1, -0.05) is 19.9 Å². The summed E-state index contributed by atoms with van der Waals surface area (Å²) in [6.07, 6.45) is 0. The molecule has 0 radical (unpaired) electrons. The monoisotopic (exact) mass is 406 g/mol. The van der Waals surface area contributed by atoms with Crippen LogP contribution in [0.4, 0.5) is 0 Å². The lowest BCUT2D eigenvalue weighted by molar-refractivity contribution is 0.0930. The van der Waals surface area contributed by atoms with Gasteiger partial charge in [0, 0.05) is 23.5 Å². The zero-order chi connectivity index (χ0) is 21.8. The minimum absolute atomic E-state index is 0.0647. The first kappa shape index (κ1) is 21.5. The van der Waals surface area contributed by atoms with Gasteiger partial charge in [0.05, 0.1) is 25.5 Å². The lowest BCUT2D eigenvalue weighted by Crippen LogP contribution is -2.36. The molecule has 0 aliphatic rings. The van der Waals surface area contributed by atoms with Crippen molar-refractivity contribution in [3.05, 3.63) is 65.9 Å². The number of methoxy groups -OCH3 is 2. The molecule has 1 N–H and O–H groups in total. The number of carbonyl (C=O) groups excluding carboxylic acids is 1. The molecule has 1 unspecified atom stereocenters. The molecule has 158 valence electrons. The number of hydrogen-bond donors (Lipinski definition) is 1. The van der Waals surface area contributed by atoms with E-state index in [9.17, 15) is 4.79 Å². The summed E-state index contributed by atoms with van der Waals surface area (Å²) >= 11 is 0.